The third-order valence-corrected chi connectivity index (χ3v) is 2.91. The summed E-state index contributed by atoms with van der Waals surface area (Å²) in [6.07, 6.45) is -4.07. The maximum absolute atomic E-state index is 13.6. The van der Waals surface area contributed by atoms with Gasteiger partial charge in [0.15, 0.2) is 0 Å². The van der Waals surface area contributed by atoms with Gasteiger partial charge in [-0.15, -0.1) is 12.4 Å². The van der Waals surface area contributed by atoms with Gasteiger partial charge in [-0.3, -0.25) is 4.79 Å². The lowest BCUT2D eigenvalue weighted by atomic mass is 10.0. The van der Waals surface area contributed by atoms with Gasteiger partial charge in [-0.1, -0.05) is 13.8 Å². The molecule has 3 nitrogen and oxygen atoms in total. The second kappa shape index (κ2) is 8.33. The molecular formula is C14H19ClF4N2O. The zero-order valence-electron chi connectivity index (χ0n) is 12.2. The molecule has 0 heterocycles. The number of carbonyl (C=O) groups excluding carboxylic acids is 1. The molecule has 1 aromatic carbocycles. The normalized spacial score (nSPS) is 12.7. The van der Waals surface area contributed by atoms with Crippen LogP contribution in [-0.2, 0) is 6.18 Å². The second-order valence-corrected chi connectivity index (χ2v) is 5.23. The summed E-state index contributed by atoms with van der Waals surface area (Å²) in [5.41, 5.74) is 3.80. The largest absolute Gasteiger partial charge is 0.416 e. The Labute approximate surface area is 132 Å². The SMILES string of the molecule is CC(C)CC(CN)NC(=O)c1cc(C(F)(F)F)ccc1F.Cl. The van der Waals surface area contributed by atoms with E-state index in [9.17, 15) is 22.4 Å². The van der Waals surface area contributed by atoms with Crippen molar-refractivity contribution in [3.8, 4) is 0 Å². The first-order chi connectivity index (χ1) is 9.65. The molecule has 1 amide bonds. The third kappa shape index (κ3) is 5.81. The summed E-state index contributed by atoms with van der Waals surface area (Å²) in [5.74, 6) is -1.65. The zero-order chi connectivity index (χ0) is 16.2. The molecule has 0 saturated carbocycles. The van der Waals surface area contributed by atoms with Crippen molar-refractivity contribution in [3.05, 3.63) is 35.1 Å². The van der Waals surface area contributed by atoms with Crippen molar-refractivity contribution in [1.82, 2.24) is 5.32 Å². The summed E-state index contributed by atoms with van der Waals surface area (Å²) in [5, 5.41) is 2.46. The molecule has 8 heteroatoms. The highest BCUT2D eigenvalue weighted by molar-refractivity contribution is 5.94. The standard InChI is InChI=1S/C14H18F4N2O.ClH/c1-8(2)5-10(7-19)20-13(21)11-6-9(14(16,17)18)3-4-12(11)15;/h3-4,6,8,10H,5,7,19H2,1-2H3,(H,20,21);1H. The first-order valence-electron chi connectivity index (χ1n) is 6.52. The number of benzene rings is 1. The Morgan fingerprint density at radius 1 is 1.32 bits per heavy atom. The molecule has 22 heavy (non-hydrogen) atoms. The first kappa shape index (κ1) is 20.7. The van der Waals surface area contributed by atoms with Crippen molar-refractivity contribution in [2.24, 2.45) is 11.7 Å². The second-order valence-electron chi connectivity index (χ2n) is 5.23. The molecule has 0 aliphatic carbocycles. The molecule has 1 unspecified atom stereocenters. The van der Waals surface area contributed by atoms with Crippen molar-refractivity contribution >= 4 is 18.3 Å². The van der Waals surface area contributed by atoms with Gasteiger partial charge in [0.25, 0.3) is 5.91 Å². The van der Waals surface area contributed by atoms with Crippen LogP contribution in [0.4, 0.5) is 17.6 Å². The fourth-order valence-corrected chi connectivity index (χ4v) is 1.92. The Balaban J connectivity index is 0.00000441. The molecule has 1 atom stereocenters. The van der Waals surface area contributed by atoms with Crippen LogP contribution in [0.1, 0.15) is 36.2 Å². The van der Waals surface area contributed by atoms with Crippen molar-refractivity contribution < 1.29 is 22.4 Å². The summed E-state index contributed by atoms with van der Waals surface area (Å²) in [7, 11) is 0. The van der Waals surface area contributed by atoms with Crippen LogP contribution < -0.4 is 11.1 Å². The highest BCUT2D eigenvalue weighted by atomic mass is 35.5. The van der Waals surface area contributed by atoms with E-state index in [1.54, 1.807) is 0 Å². The molecule has 0 radical (unpaired) electrons. The minimum Gasteiger partial charge on any atom is -0.348 e. The number of nitrogens with one attached hydrogen (secondary N) is 1. The first-order valence-corrected chi connectivity index (χ1v) is 6.52. The highest BCUT2D eigenvalue weighted by Gasteiger charge is 2.32. The highest BCUT2D eigenvalue weighted by Crippen LogP contribution is 2.30. The van der Waals surface area contributed by atoms with Gasteiger partial charge in [-0.05, 0) is 30.5 Å². The number of halogens is 5. The number of alkyl halides is 3. The Morgan fingerprint density at radius 2 is 1.91 bits per heavy atom. The Kier molecular flexibility index (Phi) is 7.83. The van der Waals surface area contributed by atoms with E-state index < -0.39 is 35.1 Å². The molecule has 0 aliphatic rings. The number of carbonyl (C=O) groups is 1. The molecule has 1 rings (SSSR count). The van der Waals surface area contributed by atoms with Crippen molar-refractivity contribution in [2.45, 2.75) is 32.5 Å². The number of hydrogen-bond acceptors (Lipinski definition) is 2. The quantitative estimate of drug-likeness (QED) is 0.806. The lowest BCUT2D eigenvalue weighted by molar-refractivity contribution is -0.137. The van der Waals surface area contributed by atoms with E-state index in [0.29, 0.717) is 24.6 Å². The van der Waals surface area contributed by atoms with Gasteiger partial charge in [0, 0.05) is 12.6 Å². The number of amides is 1. The van der Waals surface area contributed by atoms with Crippen molar-refractivity contribution in [3.63, 3.8) is 0 Å². The fourth-order valence-electron chi connectivity index (χ4n) is 1.92. The van der Waals surface area contributed by atoms with Gasteiger partial charge >= 0.3 is 6.18 Å². The smallest absolute Gasteiger partial charge is 0.348 e. The summed E-state index contributed by atoms with van der Waals surface area (Å²) in [4.78, 5) is 11.9. The molecule has 0 spiro atoms. The third-order valence-electron chi connectivity index (χ3n) is 2.91. The van der Waals surface area contributed by atoms with Crippen LogP contribution in [0, 0.1) is 11.7 Å². The number of rotatable bonds is 5. The lowest BCUT2D eigenvalue weighted by Crippen LogP contribution is -2.41. The number of nitrogens with two attached hydrogens (primary N) is 1. The molecule has 0 aromatic heterocycles. The van der Waals surface area contributed by atoms with Crippen LogP contribution in [0.2, 0.25) is 0 Å². The van der Waals surface area contributed by atoms with Crippen molar-refractivity contribution in [2.75, 3.05) is 6.54 Å². The molecule has 1 aromatic rings. The Bertz CT molecular complexity index is 506. The molecule has 0 fully saturated rings. The Hall–Kier alpha value is -1.34. The fraction of sp³-hybridized carbons (Fsp3) is 0.500. The maximum Gasteiger partial charge on any atom is 0.416 e. The minimum absolute atomic E-state index is 0. The molecule has 126 valence electrons. The van der Waals surface area contributed by atoms with Gasteiger partial charge in [-0.2, -0.15) is 13.2 Å². The van der Waals surface area contributed by atoms with Gasteiger partial charge in [0.2, 0.25) is 0 Å². The van der Waals surface area contributed by atoms with Gasteiger partial charge < -0.3 is 11.1 Å². The number of hydrogen-bond donors (Lipinski definition) is 2. The maximum atomic E-state index is 13.6. The molecular weight excluding hydrogens is 324 g/mol. The van der Waals surface area contributed by atoms with Crippen LogP contribution in [0.25, 0.3) is 0 Å². The average Bonchev–Trinajstić information content (AvgIpc) is 2.36. The minimum atomic E-state index is -4.63. The average molecular weight is 343 g/mol. The summed E-state index contributed by atoms with van der Waals surface area (Å²) >= 11 is 0. The van der Waals surface area contributed by atoms with E-state index in [2.05, 4.69) is 5.32 Å². The zero-order valence-corrected chi connectivity index (χ0v) is 13.0. The predicted octanol–water partition coefficient (Wildman–Crippen LogP) is 3.37. The monoisotopic (exact) mass is 342 g/mol. The van der Waals surface area contributed by atoms with Crippen LogP contribution in [0.3, 0.4) is 0 Å². The molecule has 3 N–H and O–H groups in total. The van der Waals surface area contributed by atoms with Crippen LogP contribution in [0.5, 0.6) is 0 Å². The predicted molar refractivity (Wildman–Crippen MR) is 78.4 cm³/mol. The van der Waals surface area contributed by atoms with Crippen molar-refractivity contribution in [1.29, 1.82) is 0 Å². The van der Waals surface area contributed by atoms with E-state index in [1.807, 2.05) is 13.8 Å². The van der Waals surface area contributed by atoms with E-state index in [1.165, 1.54) is 0 Å². The van der Waals surface area contributed by atoms with E-state index in [-0.39, 0.29) is 24.9 Å². The van der Waals surface area contributed by atoms with E-state index >= 15 is 0 Å². The van der Waals surface area contributed by atoms with E-state index in [4.69, 9.17) is 5.73 Å². The summed E-state index contributed by atoms with van der Waals surface area (Å²) in [6.45, 7) is 3.96. The van der Waals surface area contributed by atoms with Crippen LogP contribution >= 0.6 is 12.4 Å². The molecule has 0 bridgehead atoms. The topological polar surface area (TPSA) is 55.1 Å². The van der Waals surface area contributed by atoms with E-state index in [0.717, 1.165) is 0 Å². The molecule has 0 saturated heterocycles. The van der Waals surface area contributed by atoms with Gasteiger partial charge in [-0.25, -0.2) is 4.39 Å². The van der Waals surface area contributed by atoms with Crippen LogP contribution in [0.15, 0.2) is 18.2 Å². The summed E-state index contributed by atoms with van der Waals surface area (Å²) < 4.78 is 51.3. The lowest BCUT2D eigenvalue weighted by Gasteiger charge is -2.19. The Morgan fingerprint density at radius 3 is 2.36 bits per heavy atom. The van der Waals surface area contributed by atoms with Gasteiger partial charge in [0.1, 0.15) is 5.82 Å². The molecule has 0 aliphatic heterocycles. The van der Waals surface area contributed by atoms with Crippen LogP contribution in [-0.4, -0.2) is 18.5 Å². The summed E-state index contributed by atoms with van der Waals surface area (Å²) in [6, 6.07) is 1.33. The van der Waals surface area contributed by atoms with Gasteiger partial charge in [0.05, 0.1) is 11.1 Å².